The number of anilines is 1. The summed E-state index contributed by atoms with van der Waals surface area (Å²) in [6, 6.07) is 17.6. The first kappa shape index (κ1) is 18.3. The minimum Gasteiger partial charge on any atom is -0.339 e. The van der Waals surface area contributed by atoms with Gasteiger partial charge in [0.05, 0.1) is 0 Å². The van der Waals surface area contributed by atoms with Gasteiger partial charge in [0, 0.05) is 43.0 Å². The van der Waals surface area contributed by atoms with E-state index in [9.17, 15) is 4.79 Å². The van der Waals surface area contributed by atoms with Crippen LogP contribution in [-0.2, 0) is 0 Å². The number of amides is 1. The first-order valence-corrected chi connectivity index (χ1v) is 9.27. The van der Waals surface area contributed by atoms with Crippen molar-refractivity contribution in [1.29, 1.82) is 0 Å². The van der Waals surface area contributed by atoms with Gasteiger partial charge in [-0.25, -0.2) is 4.99 Å². The standard InChI is InChI=1S/C21H23N3OS/c1-23(20(16-26)22-15-17-7-3-2-4-8-17)19-11-9-18(10-12-19)21(25)24-13-5-6-14-24/h2-4,7-12,15-16,26H,5-6,13-14H2,1H3/b20-16+,22-15+. The molecule has 2 aromatic rings. The lowest BCUT2D eigenvalue weighted by molar-refractivity contribution is 0.0793. The van der Waals surface area contributed by atoms with Crippen LogP contribution in [-0.4, -0.2) is 37.2 Å². The minimum atomic E-state index is 0.115. The first-order valence-electron chi connectivity index (χ1n) is 8.75. The SMILES string of the molecule is CN(C(=C/S)/N=C/c1ccccc1)c1ccc(C(=O)N2CCCC2)cc1. The van der Waals surface area contributed by atoms with Crippen LogP contribution in [0, 0.1) is 0 Å². The van der Waals surface area contributed by atoms with Gasteiger partial charge in [-0.15, -0.1) is 12.6 Å². The van der Waals surface area contributed by atoms with Crippen LogP contribution in [0.15, 0.2) is 70.8 Å². The fourth-order valence-corrected chi connectivity index (χ4v) is 3.19. The molecule has 1 heterocycles. The van der Waals surface area contributed by atoms with E-state index < -0.39 is 0 Å². The highest BCUT2D eigenvalue weighted by molar-refractivity contribution is 7.83. The van der Waals surface area contributed by atoms with Crippen LogP contribution >= 0.6 is 12.6 Å². The molecule has 0 saturated carbocycles. The molecule has 2 aromatic carbocycles. The van der Waals surface area contributed by atoms with E-state index in [1.54, 1.807) is 5.41 Å². The van der Waals surface area contributed by atoms with Crippen molar-refractivity contribution in [2.75, 3.05) is 25.0 Å². The van der Waals surface area contributed by atoms with Gasteiger partial charge in [0.25, 0.3) is 5.91 Å². The van der Waals surface area contributed by atoms with Gasteiger partial charge >= 0.3 is 0 Å². The number of hydrogen-bond donors (Lipinski definition) is 1. The molecular weight excluding hydrogens is 342 g/mol. The zero-order valence-electron chi connectivity index (χ0n) is 14.9. The summed E-state index contributed by atoms with van der Waals surface area (Å²) in [7, 11) is 1.93. The Morgan fingerprint density at radius 2 is 1.73 bits per heavy atom. The Bertz CT molecular complexity index is 794. The molecule has 1 amide bonds. The average molecular weight is 366 g/mol. The van der Waals surface area contributed by atoms with Gasteiger partial charge in [0.15, 0.2) is 0 Å². The Morgan fingerprint density at radius 3 is 2.35 bits per heavy atom. The number of thiol groups is 1. The molecule has 3 rings (SSSR count). The third-order valence-corrected chi connectivity index (χ3v) is 4.73. The zero-order chi connectivity index (χ0) is 18.4. The molecular formula is C21H23N3OS. The third kappa shape index (κ3) is 4.35. The maximum atomic E-state index is 12.4. The maximum Gasteiger partial charge on any atom is 0.253 e. The van der Waals surface area contributed by atoms with Gasteiger partial charge in [0.2, 0.25) is 0 Å². The van der Waals surface area contributed by atoms with Crippen molar-refractivity contribution in [2.24, 2.45) is 4.99 Å². The molecule has 1 aliphatic heterocycles. The third-order valence-electron chi connectivity index (χ3n) is 4.50. The quantitative estimate of drug-likeness (QED) is 0.636. The molecule has 0 radical (unpaired) electrons. The summed E-state index contributed by atoms with van der Waals surface area (Å²) in [5.74, 6) is 0.833. The lowest BCUT2D eigenvalue weighted by Gasteiger charge is -2.20. The van der Waals surface area contributed by atoms with Gasteiger partial charge < -0.3 is 9.80 Å². The van der Waals surface area contributed by atoms with Gasteiger partial charge in [0.1, 0.15) is 5.82 Å². The maximum absolute atomic E-state index is 12.4. The number of carbonyl (C=O) groups is 1. The van der Waals surface area contributed by atoms with Gasteiger partial charge in [-0.2, -0.15) is 0 Å². The van der Waals surface area contributed by atoms with Crippen molar-refractivity contribution in [3.8, 4) is 0 Å². The molecule has 1 saturated heterocycles. The molecule has 1 aliphatic rings. The monoisotopic (exact) mass is 365 g/mol. The highest BCUT2D eigenvalue weighted by Gasteiger charge is 2.19. The molecule has 0 aliphatic carbocycles. The normalized spacial score (nSPS) is 14.8. The summed E-state index contributed by atoms with van der Waals surface area (Å²) >= 11 is 4.29. The second kappa shape index (κ2) is 8.72. The zero-order valence-corrected chi connectivity index (χ0v) is 15.8. The van der Waals surface area contributed by atoms with Crippen LogP contribution in [0.25, 0.3) is 0 Å². The Balaban J connectivity index is 1.71. The van der Waals surface area contributed by atoms with Crippen LogP contribution in [0.3, 0.4) is 0 Å². The van der Waals surface area contributed by atoms with Crippen molar-refractivity contribution >= 4 is 30.4 Å². The molecule has 0 aromatic heterocycles. The second-order valence-electron chi connectivity index (χ2n) is 6.26. The molecule has 26 heavy (non-hydrogen) atoms. The van der Waals surface area contributed by atoms with Crippen LogP contribution < -0.4 is 4.90 Å². The Kier molecular flexibility index (Phi) is 6.12. The predicted octanol–water partition coefficient (Wildman–Crippen LogP) is 4.21. The summed E-state index contributed by atoms with van der Waals surface area (Å²) in [5, 5.41) is 1.67. The molecule has 1 fully saturated rings. The van der Waals surface area contributed by atoms with Gasteiger partial charge in [-0.3, -0.25) is 4.79 Å². The summed E-state index contributed by atoms with van der Waals surface area (Å²) < 4.78 is 0. The van der Waals surface area contributed by atoms with E-state index in [4.69, 9.17) is 0 Å². The minimum absolute atomic E-state index is 0.115. The van der Waals surface area contributed by atoms with Gasteiger partial charge in [-0.05, 0) is 42.7 Å². The Hall–Kier alpha value is -2.53. The first-order chi connectivity index (χ1) is 12.7. The average Bonchev–Trinajstić information content (AvgIpc) is 3.23. The van der Waals surface area contributed by atoms with E-state index in [1.165, 1.54) is 0 Å². The van der Waals surface area contributed by atoms with Crippen molar-refractivity contribution in [3.05, 3.63) is 77.0 Å². The van der Waals surface area contributed by atoms with Crippen LogP contribution in [0.5, 0.6) is 0 Å². The van der Waals surface area contributed by atoms with Crippen molar-refractivity contribution < 1.29 is 4.79 Å². The lowest BCUT2D eigenvalue weighted by atomic mass is 10.1. The highest BCUT2D eigenvalue weighted by Crippen LogP contribution is 2.21. The highest BCUT2D eigenvalue weighted by atomic mass is 32.1. The summed E-state index contributed by atoms with van der Waals surface area (Å²) in [5.41, 5.74) is 2.71. The Labute approximate surface area is 160 Å². The summed E-state index contributed by atoms with van der Waals surface area (Å²) in [4.78, 5) is 20.8. The van der Waals surface area contributed by atoms with Crippen LogP contribution in [0.4, 0.5) is 5.69 Å². The smallest absolute Gasteiger partial charge is 0.253 e. The summed E-state index contributed by atoms with van der Waals surface area (Å²) in [6.07, 6.45) is 4.01. The van der Waals surface area contributed by atoms with Crippen LogP contribution in [0.1, 0.15) is 28.8 Å². The molecule has 0 atom stereocenters. The van der Waals surface area contributed by atoms with Crippen molar-refractivity contribution in [2.45, 2.75) is 12.8 Å². The van der Waals surface area contributed by atoms with E-state index in [0.29, 0.717) is 0 Å². The van der Waals surface area contributed by atoms with E-state index >= 15 is 0 Å². The number of benzene rings is 2. The summed E-state index contributed by atoms with van der Waals surface area (Å²) in [6.45, 7) is 1.72. The van der Waals surface area contributed by atoms with E-state index in [-0.39, 0.29) is 5.91 Å². The molecule has 5 heteroatoms. The number of rotatable bonds is 5. The molecule has 0 N–H and O–H groups in total. The predicted molar refractivity (Wildman–Crippen MR) is 111 cm³/mol. The van der Waals surface area contributed by atoms with E-state index in [1.807, 2.05) is 77.7 Å². The Morgan fingerprint density at radius 1 is 1.08 bits per heavy atom. The molecule has 0 bridgehead atoms. The fourth-order valence-electron chi connectivity index (χ4n) is 2.95. The van der Waals surface area contributed by atoms with E-state index in [0.717, 1.165) is 48.6 Å². The number of hydrogen-bond acceptors (Lipinski definition) is 4. The number of carbonyl (C=O) groups excluding carboxylic acids is 1. The van der Waals surface area contributed by atoms with Gasteiger partial charge in [-0.1, -0.05) is 30.3 Å². The lowest BCUT2D eigenvalue weighted by Crippen LogP contribution is -2.27. The topological polar surface area (TPSA) is 35.9 Å². The van der Waals surface area contributed by atoms with Crippen molar-refractivity contribution in [3.63, 3.8) is 0 Å². The second-order valence-corrected chi connectivity index (χ2v) is 6.52. The number of nitrogens with zero attached hydrogens (tertiary/aromatic N) is 3. The van der Waals surface area contributed by atoms with Crippen LogP contribution in [0.2, 0.25) is 0 Å². The number of likely N-dealkylation sites (tertiary alicyclic amines) is 1. The number of aliphatic imine (C=N–C) groups is 1. The molecule has 0 spiro atoms. The van der Waals surface area contributed by atoms with E-state index in [2.05, 4.69) is 17.6 Å². The fraction of sp³-hybridized carbons (Fsp3) is 0.238. The molecule has 4 nitrogen and oxygen atoms in total. The molecule has 0 unspecified atom stereocenters. The van der Waals surface area contributed by atoms with Crippen molar-refractivity contribution in [1.82, 2.24) is 4.90 Å². The molecule has 134 valence electrons. The largest absolute Gasteiger partial charge is 0.339 e.